The Morgan fingerprint density at radius 2 is 1.76 bits per heavy atom. The van der Waals surface area contributed by atoms with E-state index in [0.29, 0.717) is 11.6 Å². The first-order valence-electron chi connectivity index (χ1n) is 6.46. The maximum Gasteiger partial charge on any atom is 0.180 e. The van der Waals surface area contributed by atoms with Gasteiger partial charge in [-0.25, -0.2) is 9.97 Å². The third kappa shape index (κ3) is 2.87. The fourth-order valence-corrected chi connectivity index (χ4v) is 2.52. The molecule has 0 aliphatic carbocycles. The molecule has 0 amide bonds. The molecule has 0 spiro atoms. The van der Waals surface area contributed by atoms with E-state index >= 15 is 0 Å². The largest absolute Gasteiger partial charge is 0.383 e. The van der Waals surface area contributed by atoms with Crippen LogP contribution in [0.1, 0.15) is 5.56 Å². The van der Waals surface area contributed by atoms with Gasteiger partial charge in [-0.05, 0) is 41.1 Å². The molecule has 0 fully saturated rings. The molecule has 0 unspecified atom stereocenters. The summed E-state index contributed by atoms with van der Waals surface area (Å²) in [6, 6.07) is 13.9. The number of nitrogens with two attached hydrogens (primary N) is 1. The van der Waals surface area contributed by atoms with Gasteiger partial charge in [0.15, 0.2) is 5.82 Å². The fraction of sp³-hybridized carbons (Fsp3) is 0.0625. The van der Waals surface area contributed by atoms with E-state index in [1.54, 1.807) is 6.20 Å². The zero-order chi connectivity index (χ0) is 14.8. The van der Waals surface area contributed by atoms with Gasteiger partial charge in [-0.15, -0.1) is 0 Å². The second-order valence-electron chi connectivity index (χ2n) is 4.68. The molecule has 21 heavy (non-hydrogen) atoms. The van der Waals surface area contributed by atoms with Crippen LogP contribution in [0.3, 0.4) is 0 Å². The van der Waals surface area contributed by atoms with E-state index in [4.69, 9.17) is 5.73 Å². The van der Waals surface area contributed by atoms with Crippen LogP contribution >= 0.6 is 22.6 Å². The average Bonchev–Trinajstić information content (AvgIpc) is 2.51. The summed E-state index contributed by atoms with van der Waals surface area (Å²) in [6.45, 7) is 2.00. The van der Waals surface area contributed by atoms with Crippen LogP contribution in [0.5, 0.6) is 0 Å². The highest BCUT2D eigenvalue weighted by molar-refractivity contribution is 14.1. The van der Waals surface area contributed by atoms with Crippen LogP contribution in [0.25, 0.3) is 22.8 Å². The highest BCUT2D eigenvalue weighted by atomic mass is 127. The summed E-state index contributed by atoms with van der Waals surface area (Å²) >= 11 is 2.18. The maximum absolute atomic E-state index is 6.04. The number of hydrogen-bond acceptors (Lipinski definition) is 4. The molecular weight excluding hydrogens is 375 g/mol. The first-order valence-corrected chi connectivity index (χ1v) is 7.54. The molecule has 4 nitrogen and oxygen atoms in total. The van der Waals surface area contributed by atoms with Crippen LogP contribution in [-0.2, 0) is 0 Å². The van der Waals surface area contributed by atoms with Gasteiger partial charge < -0.3 is 5.73 Å². The number of benzene rings is 1. The molecule has 2 aromatic heterocycles. The number of pyridine rings is 1. The predicted octanol–water partition coefficient (Wildman–Crippen LogP) is 3.70. The van der Waals surface area contributed by atoms with E-state index in [2.05, 4.69) is 37.5 Å². The molecule has 0 saturated heterocycles. The van der Waals surface area contributed by atoms with E-state index in [-0.39, 0.29) is 0 Å². The first-order chi connectivity index (χ1) is 10.1. The quantitative estimate of drug-likeness (QED) is 0.680. The number of nitrogens with zero attached hydrogens (tertiary/aromatic N) is 3. The Balaban J connectivity index is 2.16. The lowest BCUT2D eigenvalue weighted by molar-refractivity contribution is 1.13. The number of anilines is 1. The molecule has 0 radical (unpaired) electrons. The van der Waals surface area contributed by atoms with Crippen molar-refractivity contribution in [2.75, 3.05) is 5.73 Å². The van der Waals surface area contributed by atoms with Gasteiger partial charge in [0, 0.05) is 11.8 Å². The summed E-state index contributed by atoms with van der Waals surface area (Å²) < 4.78 is 0.856. The lowest BCUT2D eigenvalue weighted by atomic mass is 10.1. The molecule has 5 heteroatoms. The number of aryl methyl sites for hydroxylation is 1. The Morgan fingerprint density at radius 3 is 2.43 bits per heavy atom. The number of rotatable bonds is 2. The van der Waals surface area contributed by atoms with Crippen molar-refractivity contribution >= 4 is 28.4 Å². The lowest BCUT2D eigenvalue weighted by Gasteiger charge is -2.09. The summed E-state index contributed by atoms with van der Waals surface area (Å²) in [7, 11) is 0. The number of halogens is 1. The minimum Gasteiger partial charge on any atom is -0.383 e. The molecule has 1 aromatic carbocycles. The van der Waals surface area contributed by atoms with Crippen molar-refractivity contribution in [3.8, 4) is 22.8 Å². The van der Waals surface area contributed by atoms with Gasteiger partial charge in [-0.1, -0.05) is 36.4 Å². The van der Waals surface area contributed by atoms with Crippen molar-refractivity contribution in [2.24, 2.45) is 0 Å². The standard InChI is InChI=1S/C16H13IN4/c1-10-7-8-12(19-9-10)16-20-14(13(17)15(18)21-16)11-5-3-2-4-6-11/h2-9H,1H3,(H2,18,20,21). The average molecular weight is 388 g/mol. The van der Waals surface area contributed by atoms with Crippen LogP contribution < -0.4 is 5.73 Å². The van der Waals surface area contributed by atoms with Crippen molar-refractivity contribution < 1.29 is 0 Å². The predicted molar refractivity (Wildman–Crippen MR) is 92.6 cm³/mol. The van der Waals surface area contributed by atoms with Gasteiger partial charge in [-0.2, -0.15) is 0 Å². The molecule has 3 aromatic rings. The number of nitrogen functional groups attached to an aromatic ring is 1. The molecule has 0 bridgehead atoms. The van der Waals surface area contributed by atoms with E-state index < -0.39 is 0 Å². The van der Waals surface area contributed by atoms with Crippen molar-refractivity contribution in [1.82, 2.24) is 15.0 Å². The Hall–Kier alpha value is -2.02. The minimum atomic E-state index is 0.474. The van der Waals surface area contributed by atoms with Crippen LogP contribution in [0.15, 0.2) is 48.7 Å². The van der Waals surface area contributed by atoms with E-state index in [1.807, 2.05) is 49.4 Å². The summed E-state index contributed by atoms with van der Waals surface area (Å²) in [6.07, 6.45) is 1.80. The third-order valence-corrected chi connectivity index (χ3v) is 4.13. The highest BCUT2D eigenvalue weighted by Gasteiger charge is 2.13. The molecule has 0 atom stereocenters. The molecule has 104 valence electrons. The van der Waals surface area contributed by atoms with Crippen molar-refractivity contribution in [1.29, 1.82) is 0 Å². The Labute approximate surface area is 136 Å². The molecule has 0 aliphatic heterocycles. The smallest absolute Gasteiger partial charge is 0.180 e. The topological polar surface area (TPSA) is 64.7 Å². The Kier molecular flexibility index (Phi) is 3.83. The first kappa shape index (κ1) is 13.9. The third-order valence-electron chi connectivity index (χ3n) is 3.06. The maximum atomic E-state index is 6.04. The Bertz CT molecular complexity index is 770. The zero-order valence-electron chi connectivity index (χ0n) is 11.4. The normalized spacial score (nSPS) is 10.6. The molecule has 3 rings (SSSR count). The zero-order valence-corrected chi connectivity index (χ0v) is 13.6. The molecule has 2 N–H and O–H groups in total. The second-order valence-corrected chi connectivity index (χ2v) is 5.76. The Morgan fingerprint density at radius 1 is 1.00 bits per heavy atom. The summed E-state index contributed by atoms with van der Waals surface area (Å²) in [5.74, 6) is 1.02. The van der Waals surface area contributed by atoms with Gasteiger partial charge in [0.05, 0.1) is 9.26 Å². The summed E-state index contributed by atoms with van der Waals surface area (Å²) in [4.78, 5) is 13.4. The molecular formula is C16H13IN4. The molecule has 2 heterocycles. The van der Waals surface area contributed by atoms with Gasteiger partial charge >= 0.3 is 0 Å². The van der Waals surface area contributed by atoms with Crippen molar-refractivity contribution in [3.63, 3.8) is 0 Å². The summed E-state index contributed by atoms with van der Waals surface area (Å²) in [5.41, 5.74) is 9.71. The monoisotopic (exact) mass is 388 g/mol. The van der Waals surface area contributed by atoms with Gasteiger partial charge in [0.2, 0.25) is 0 Å². The minimum absolute atomic E-state index is 0.474. The van der Waals surface area contributed by atoms with Crippen LogP contribution in [0.2, 0.25) is 0 Å². The lowest BCUT2D eigenvalue weighted by Crippen LogP contribution is -2.03. The number of aromatic nitrogens is 3. The van der Waals surface area contributed by atoms with Gasteiger partial charge in [0.25, 0.3) is 0 Å². The van der Waals surface area contributed by atoms with Gasteiger partial charge in [-0.3, -0.25) is 4.98 Å². The van der Waals surface area contributed by atoms with Gasteiger partial charge in [0.1, 0.15) is 11.5 Å². The van der Waals surface area contributed by atoms with Crippen molar-refractivity contribution in [3.05, 3.63) is 57.8 Å². The molecule has 0 aliphatic rings. The second kappa shape index (κ2) is 5.77. The van der Waals surface area contributed by atoms with Crippen LogP contribution in [-0.4, -0.2) is 15.0 Å². The van der Waals surface area contributed by atoms with Crippen molar-refractivity contribution in [2.45, 2.75) is 6.92 Å². The van der Waals surface area contributed by atoms with E-state index in [0.717, 1.165) is 26.1 Å². The fourth-order valence-electron chi connectivity index (χ4n) is 1.97. The number of hydrogen-bond donors (Lipinski definition) is 1. The molecule has 0 saturated carbocycles. The summed E-state index contributed by atoms with van der Waals surface area (Å²) in [5, 5.41) is 0. The van der Waals surface area contributed by atoms with E-state index in [1.165, 1.54) is 0 Å². The van der Waals surface area contributed by atoms with Crippen LogP contribution in [0, 0.1) is 10.5 Å². The highest BCUT2D eigenvalue weighted by Crippen LogP contribution is 2.28. The van der Waals surface area contributed by atoms with E-state index in [9.17, 15) is 0 Å². The van der Waals surface area contributed by atoms with Crippen LogP contribution in [0.4, 0.5) is 5.82 Å². The SMILES string of the molecule is Cc1ccc(-c2nc(N)c(I)c(-c3ccccc3)n2)nc1.